The molecule has 0 bridgehead atoms. The molecule has 0 aliphatic carbocycles. The number of carbonyl (C=O) groups is 2. The minimum atomic E-state index is -2.09. The van der Waals surface area contributed by atoms with Crippen molar-refractivity contribution in [2.75, 3.05) is 0 Å². The Kier molecular flexibility index (Phi) is 7.47. The molecule has 0 fully saturated rings. The fraction of sp³-hybridized carbons (Fsp3) is 0.0909. The van der Waals surface area contributed by atoms with E-state index in [1.54, 1.807) is 54.6 Å². The summed E-state index contributed by atoms with van der Waals surface area (Å²) in [6, 6.07) is 20.2. The molecule has 0 atom stereocenters. The Morgan fingerprint density at radius 3 is 1.61 bits per heavy atom. The summed E-state index contributed by atoms with van der Waals surface area (Å²) in [5.41, 5.74) is 2.16. The number of ether oxygens (including phenoxy) is 1. The number of hydrogen-bond acceptors (Lipinski definition) is 3. The van der Waals surface area contributed by atoms with Gasteiger partial charge in [0.1, 0.15) is 11.5 Å². The van der Waals surface area contributed by atoms with Crippen LogP contribution in [-0.2, 0) is 0 Å². The molecule has 0 spiro atoms. The molecule has 0 aliphatic rings. The van der Waals surface area contributed by atoms with Crippen LogP contribution < -0.4 is 4.74 Å². The van der Waals surface area contributed by atoms with Crippen molar-refractivity contribution in [2.45, 2.75) is 7.59 Å². The third-order valence-corrected chi connectivity index (χ3v) is 5.24. The second kappa shape index (κ2) is 9.58. The molecule has 0 aromatic heterocycles. The molecule has 0 saturated heterocycles. The molecule has 0 N–H and O–H groups in total. The predicted molar refractivity (Wildman–Crippen MR) is 128 cm³/mol. The number of para-hydroxylation sites is 1. The molecule has 31 heavy (non-hydrogen) atoms. The van der Waals surface area contributed by atoms with Crippen LogP contribution in [0.1, 0.15) is 20.7 Å². The summed E-state index contributed by atoms with van der Waals surface area (Å²) in [5, 5.41) is 0. The highest BCUT2D eigenvalue weighted by Gasteiger charge is 2.33. The summed E-state index contributed by atoms with van der Waals surface area (Å²) in [4.78, 5) is 24.3. The van der Waals surface area contributed by atoms with E-state index >= 15 is 0 Å². The average Bonchev–Trinajstić information content (AvgIpc) is 2.72. The second-order valence-electron chi connectivity index (χ2n) is 6.35. The van der Waals surface area contributed by atoms with Crippen LogP contribution in [0.5, 0.6) is 11.5 Å². The number of benzene rings is 3. The molecule has 0 aliphatic heterocycles. The van der Waals surface area contributed by atoms with Crippen LogP contribution in [-0.4, -0.2) is 19.2 Å². The van der Waals surface area contributed by atoms with Crippen LogP contribution >= 0.6 is 69.6 Å². The molecule has 3 aromatic rings. The highest BCUT2D eigenvalue weighted by atomic mass is 35.6. The van der Waals surface area contributed by atoms with Crippen molar-refractivity contribution in [3.05, 3.63) is 83.9 Å². The fourth-order valence-corrected chi connectivity index (χ4v) is 3.35. The van der Waals surface area contributed by atoms with Crippen LogP contribution in [0, 0.1) is 0 Å². The van der Waals surface area contributed by atoms with Gasteiger partial charge in [-0.25, -0.2) is 0 Å². The zero-order valence-corrected chi connectivity index (χ0v) is 20.0. The quantitative estimate of drug-likeness (QED) is 0.243. The average molecular weight is 537 g/mol. The maximum atomic E-state index is 12.3. The number of hydrogen-bond donors (Lipinski definition) is 0. The Morgan fingerprint density at radius 1 is 0.613 bits per heavy atom. The molecule has 0 saturated carbocycles. The molecule has 9 heteroatoms. The zero-order chi connectivity index (χ0) is 22.8. The molecule has 0 radical (unpaired) electrons. The number of rotatable bonds is 5. The summed E-state index contributed by atoms with van der Waals surface area (Å²) >= 11 is 34.1. The first-order valence-electron chi connectivity index (χ1n) is 8.67. The lowest BCUT2D eigenvalue weighted by Gasteiger charge is -2.14. The van der Waals surface area contributed by atoms with E-state index in [9.17, 15) is 9.59 Å². The Balaban J connectivity index is 1.79. The first-order chi connectivity index (χ1) is 14.5. The van der Waals surface area contributed by atoms with Gasteiger partial charge >= 0.3 is 0 Å². The molecule has 3 rings (SSSR count). The van der Waals surface area contributed by atoms with Crippen LogP contribution in [0.25, 0.3) is 11.1 Å². The van der Waals surface area contributed by atoms with E-state index < -0.39 is 19.2 Å². The standard InChI is InChI=1S/C22H12Cl6O3/c23-21(24,25)19(29)15-7-5-13(6-8-15)14-9-11-16(12-10-14)31-18-4-2-1-3-17(18)20(30)22(26,27)28/h1-12H. The number of ketones is 2. The fourth-order valence-electron chi connectivity index (χ4n) is 2.72. The molecule has 0 heterocycles. The Bertz CT molecular complexity index is 1100. The number of carbonyl (C=O) groups excluding carboxylic acids is 2. The maximum Gasteiger partial charge on any atom is 0.253 e. The molecule has 160 valence electrons. The summed E-state index contributed by atoms with van der Waals surface area (Å²) in [6.07, 6.45) is 0. The number of alkyl halides is 6. The van der Waals surface area contributed by atoms with Crippen LogP contribution in [0.2, 0.25) is 0 Å². The minimum absolute atomic E-state index is 0.154. The van der Waals surface area contributed by atoms with Gasteiger partial charge in [-0.1, -0.05) is 118 Å². The first-order valence-corrected chi connectivity index (χ1v) is 10.9. The lowest BCUT2D eigenvalue weighted by Crippen LogP contribution is -2.19. The van der Waals surface area contributed by atoms with Gasteiger partial charge in [-0.3, -0.25) is 9.59 Å². The van der Waals surface area contributed by atoms with Gasteiger partial charge in [0, 0.05) is 5.56 Å². The predicted octanol–water partition coefficient (Wildman–Crippen LogP) is 8.25. The van der Waals surface area contributed by atoms with Crippen molar-refractivity contribution in [2.24, 2.45) is 0 Å². The monoisotopic (exact) mass is 534 g/mol. The third-order valence-electron chi connectivity index (χ3n) is 4.21. The Morgan fingerprint density at radius 2 is 1.10 bits per heavy atom. The largest absolute Gasteiger partial charge is 0.457 e. The van der Waals surface area contributed by atoms with Crippen LogP contribution in [0.3, 0.4) is 0 Å². The summed E-state index contributed by atoms with van der Waals surface area (Å²) in [7, 11) is 0. The normalized spacial score (nSPS) is 11.8. The van der Waals surface area contributed by atoms with Crippen LogP contribution in [0.4, 0.5) is 0 Å². The van der Waals surface area contributed by atoms with E-state index in [1.165, 1.54) is 6.07 Å². The smallest absolute Gasteiger partial charge is 0.253 e. The molecule has 3 nitrogen and oxygen atoms in total. The lowest BCUT2D eigenvalue weighted by molar-refractivity contribution is 0.0987. The SMILES string of the molecule is O=C(c1ccc(-c2ccc(Oc3ccccc3C(=O)C(Cl)(Cl)Cl)cc2)cc1)C(Cl)(Cl)Cl. The van der Waals surface area contributed by atoms with Gasteiger partial charge < -0.3 is 4.74 Å². The van der Waals surface area contributed by atoms with Gasteiger partial charge in [0.25, 0.3) is 7.59 Å². The minimum Gasteiger partial charge on any atom is -0.457 e. The number of Topliss-reactive ketones (excluding diaryl/α,β-unsaturated/α-hetero) is 2. The van der Waals surface area contributed by atoms with E-state index in [2.05, 4.69) is 0 Å². The highest BCUT2D eigenvalue weighted by Crippen LogP contribution is 2.36. The summed E-state index contributed by atoms with van der Waals surface area (Å²) < 4.78 is 1.72. The van der Waals surface area contributed by atoms with E-state index in [1.807, 2.05) is 12.1 Å². The summed E-state index contributed by atoms with van der Waals surface area (Å²) in [6.45, 7) is 0. The molecular weight excluding hydrogens is 525 g/mol. The maximum absolute atomic E-state index is 12.3. The molecule has 0 unspecified atom stereocenters. The van der Waals surface area contributed by atoms with Crippen molar-refractivity contribution in [1.29, 1.82) is 0 Å². The molecule has 0 amide bonds. The Labute approximate surface area is 208 Å². The molecular formula is C22H12Cl6O3. The van der Waals surface area contributed by atoms with Gasteiger partial charge in [0.05, 0.1) is 5.56 Å². The van der Waals surface area contributed by atoms with Crippen molar-refractivity contribution >= 4 is 81.2 Å². The number of halogens is 6. The van der Waals surface area contributed by atoms with Crippen molar-refractivity contribution < 1.29 is 14.3 Å². The van der Waals surface area contributed by atoms with Gasteiger partial charge in [-0.15, -0.1) is 0 Å². The zero-order valence-electron chi connectivity index (χ0n) is 15.4. The van der Waals surface area contributed by atoms with Gasteiger partial charge in [0.2, 0.25) is 11.6 Å². The van der Waals surface area contributed by atoms with Crippen LogP contribution in [0.15, 0.2) is 72.8 Å². The van der Waals surface area contributed by atoms with E-state index in [0.29, 0.717) is 11.3 Å². The van der Waals surface area contributed by atoms with Gasteiger partial charge in [-0.2, -0.15) is 0 Å². The second-order valence-corrected chi connectivity index (χ2v) is 10.9. The van der Waals surface area contributed by atoms with Crippen molar-refractivity contribution in [1.82, 2.24) is 0 Å². The Hall–Kier alpha value is -1.46. The van der Waals surface area contributed by atoms with Gasteiger partial charge in [-0.05, 0) is 35.4 Å². The van der Waals surface area contributed by atoms with Crippen molar-refractivity contribution in [3.63, 3.8) is 0 Å². The lowest BCUT2D eigenvalue weighted by atomic mass is 10.0. The topological polar surface area (TPSA) is 43.4 Å². The summed E-state index contributed by atoms with van der Waals surface area (Å²) in [5.74, 6) is -0.539. The van der Waals surface area contributed by atoms with E-state index in [4.69, 9.17) is 74.3 Å². The van der Waals surface area contributed by atoms with Gasteiger partial charge in [0.15, 0.2) is 0 Å². The molecule has 3 aromatic carbocycles. The third kappa shape index (κ3) is 6.07. The highest BCUT2D eigenvalue weighted by molar-refractivity contribution is 6.78. The van der Waals surface area contributed by atoms with Crippen molar-refractivity contribution in [3.8, 4) is 22.6 Å². The first kappa shape index (κ1) is 24.2. The van der Waals surface area contributed by atoms with E-state index in [0.717, 1.165) is 11.1 Å². The van der Waals surface area contributed by atoms with E-state index in [-0.39, 0.29) is 11.3 Å².